The molecule has 0 spiro atoms. The van der Waals surface area contributed by atoms with Crippen LogP contribution in [0.1, 0.15) is 76.0 Å². The summed E-state index contributed by atoms with van der Waals surface area (Å²) < 4.78 is 24.6. The predicted molar refractivity (Wildman–Crippen MR) is 236 cm³/mol. The molecular weight excluding hydrogens is 819 g/mol. The summed E-state index contributed by atoms with van der Waals surface area (Å²) in [6, 6.07) is 17.4. The van der Waals surface area contributed by atoms with Crippen LogP contribution in [0.25, 0.3) is 44.7 Å². The topological polar surface area (TPSA) is 202 Å². The molecule has 64 heavy (non-hydrogen) atoms. The molecule has 0 radical (unpaired) electrons. The van der Waals surface area contributed by atoms with Gasteiger partial charge >= 0.3 is 12.2 Å². The number of nitrogens with one attached hydrogen (secondary N) is 4. The Hall–Kier alpha value is -7.04. The van der Waals surface area contributed by atoms with Gasteiger partial charge in [-0.2, -0.15) is 0 Å². The van der Waals surface area contributed by atoms with E-state index in [9.17, 15) is 19.2 Å². The summed E-state index contributed by atoms with van der Waals surface area (Å²) >= 11 is 0. The van der Waals surface area contributed by atoms with Gasteiger partial charge in [0.25, 0.3) is 0 Å². The van der Waals surface area contributed by atoms with Crippen LogP contribution in [-0.4, -0.2) is 97.7 Å². The first-order valence-electron chi connectivity index (χ1n) is 21.7. The number of hydrogen-bond acceptors (Lipinski definition) is 10. The summed E-state index contributed by atoms with van der Waals surface area (Å²) in [5, 5.41) is 6.20. The lowest BCUT2D eigenvalue weighted by molar-refractivity contribution is -0.136. The highest BCUT2D eigenvalue weighted by Crippen LogP contribution is 2.47. The lowest BCUT2D eigenvalue weighted by Gasteiger charge is -2.29. The number of aryl methyl sites for hydroxylation is 1. The smallest absolute Gasteiger partial charge is 0.407 e. The summed E-state index contributed by atoms with van der Waals surface area (Å²) in [7, 11) is 2.55. The maximum absolute atomic E-state index is 14.0. The van der Waals surface area contributed by atoms with Crippen molar-refractivity contribution in [1.29, 1.82) is 0 Å². The van der Waals surface area contributed by atoms with Crippen LogP contribution in [0.3, 0.4) is 0 Å². The molecule has 4 N–H and O–H groups in total. The van der Waals surface area contributed by atoms with Crippen molar-refractivity contribution in [3.8, 4) is 39.5 Å². The lowest BCUT2D eigenvalue weighted by Crippen LogP contribution is -2.52. The second-order valence-electron chi connectivity index (χ2n) is 17.4. The number of amides is 4. The number of carbonyl (C=O) groups excluding carboxylic acids is 4. The van der Waals surface area contributed by atoms with Crippen molar-refractivity contribution in [2.24, 2.45) is 17.8 Å². The molecule has 4 aromatic heterocycles. The van der Waals surface area contributed by atoms with Crippen molar-refractivity contribution in [1.82, 2.24) is 44.9 Å². The van der Waals surface area contributed by atoms with Crippen LogP contribution in [0.5, 0.6) is 5.75 Å². The quantitative estimate of drug-likeness (QED) is 0.0966. The van der Waals surface area contributed by atoms with Crippen molar-refractivity contribution in [3.05, 3.63) is 90.2 Å². The molecule has 2 aromatic carbocycles. The number of imidazole rings is 2. The second-order valence-corrected chi connectivity index (χ2v) is 17.4. The van der Waals surface area contributed by atoms with Gasteiger partial charge < -0.3 is 49.0 Å². The highest BCUT2D eigenvalue weighted by atomic mass is 16.5. The summed E-state index contributed by atoms with van der Waals surface area (Å²) in [4.78, 5) is 70.8. The number of nitrogens with zero attached hydrogens (tertiary/aromatic N) is 5. The second kappa shape index (κ2) is 16.9. The van der Waals surface area contributed by atoms with Gasteiger partial charge in [-0.3, -0.25) is 14.2 Å². The fraction of sp³-hybridized carbons (Fsp3) is 0.404. The molecule has 6 atom stereocenters. The molecular formula is C47H53N9O8. The van der Waals surface area contributed by atoms with Crippen molar-refractivity contribution < 1.29 is 37.8 Å². The third-order valence-electron chi connectivity index (χ3n) is 13.0. The van der Waals surface area contributed by atoms with Crippen LogP contribution < -0.4 is 15.4 Å². The number of hydrogen-bond donors (Lipinski definition) is 4. The van der Waals surface area contributed by atoms with Crippen LogP contribution in [0, 0.1) is 24.7 Å². The maximum Gasteiger partial charge on any atom is 0.407 e. The number of alkyl carbamates (subject to hydrolysis) is 2. The number of carbonyl (C=O) groups is 4. The summed E-state index contributed by atoms with van der Waals surface area (Å²) in [5.74, 6) is 3.53. The summed E-state index contributed by atoms with van der Waals surface area (Å²) in [6.45, 7) is 10.7. The Morgan fingerprint density at radius 1 is 0.922 bits per heavy atom. The van der Waals surface area contributed by atoms with Gasteiger partial charge in [0.05, 0.1) is 61.8 Å². The highest BCUT2D eigenvalue weighted by molar-refractivity contribution is 5.92. The van der Waals surface area contributed by atoms with Crippen molar-refractivity contribution in [2.45, 2.75) is 78.4 Å². The Morgan fingerprint density at radius 3 is 2.38 bits per heavy atom. The van der Waals surface area contributed by atoms with Crippen LogP contribution in [-0.2, 0) is 25.6 Å². The summed E-state index contributed by atoms with van der Waals surface area (Å²) in [5.41, 5.74) is 6.19. The molecule has 1 aliphatic carbocycles. The molecule has 9 rings (SSSR count). The largest absolute Gasteiger partial charge is 0.462 e. The first kappa shape index (κ1) is 42.3. The molecule has 1 saturated carbocycles. The molecule has 2 aliphatic heterocycles. The molecule has 3 aliphatic rings. The van der Waals surface area contributed by atoms with E-state index in [1.54, 1.807) is 17.3 Å². The Balaban J connectivity index is 0.998. The number of ether oxygens (including phenoxy) is 3. The molecule has 2 fully saturated rings. The van der Waals surface area contributed by atoms with Gasteiger partial charge in [0.15, 0.2) is 5.76 Å². The number of H-pyrrole nitrogens is 2. The maximum atomic E-state index is 14.0. The van der Waals surface area contributed by atoms with Gasteiger partial charge in [-0.1, -0.05) is 39.8 Å². The predicted octanol–water partition coefficient (Wildman–Crippen LogP) is 7.31. The molecule has 6 heterocycles. The van der Waals surface area contributed by atoms with Gasteiger partial charge in [-0.15, -0.1) is 0 Å². The molecule has 17 heteroatoms. The van der Waals surface area contributed by atoms with Gasteiger partial charge in [0, 0.05) is 34.7 Å². The van der Waals surface area contributed by atoms with Gasteiger partial charge in [0.2, 0.25) is 18.0 Å². The molecule has 0 bridgehead atoms. The Morgan fingerprint density at radius 2 is 1.66 bits per heavy atom. The highest BCUT2D eigenvalue weighted by Gasteiger charge is 2.50. The monoisotopic (exact) mass is 871 g/mol. The van der Waals surface area contributed by atoms with Crippen molar-refractivity contribution in [3.63, 3.8) is 0 Å². The fourth-order valence-electron chi connectivity index (χ4n) is 9.29. The fourth-order valence-corrected chi connectivity index (χ4v) is 9.29. The first-order valence-corrected chi connectivity index (χ1v) is 21.7. The molecule has 334 valence electrons. The third kappa shape index (κ3) is 7.83. The SMILES string of the molecule is COC(=O)NCC(=O)N1CCCC1c1ncc(-c2ccc3c(c2)OC(c2ccc(C)o2)n2c-3cc3cc(-c4cnc(CN(C(=O)C(NC(=O)OC)C(C)C)C5C(C)[C@H]5C)[nH]4)ccc32)[nH]1. The molecule has 17 nitrogen and oxygen atoms in total. The number of aromatic nitrogens is 5. The average molecular weight is 872 g/mol. The van der Waals surface area contributed by atoms with E-state index in [0.717, 1.165) is 63.3 Å². The lowest BCUT2D eigenvalue weighted by atomic mass is 10.0. The van der Waals surface area contributed by atoms with E-state index in [1.165, 1.54) is 14.2 Å². The third-order valence-corrected chi connectivity index (χ3v) is 13.0. The number of benzene rings is 2. The molecule has 1 saturated heterocycles. The number of likely N-dealkylation sites (tertiary alicyclic amines) is 1. The minimum Gasteiger partial charge on any atom is -0.462 e. The molecule has 6 aromatic rings. The number of aromatic amines is 2. The van der Waals surface area contributed by atoms with Crippen molar-refractivity contribution >= 4 is 34.9 Å². The van der Waals surface area contributed by atoms with Gasteiger partial charge in [-0.05, 0) is 80.0 Å². The number of fused-ring (bicyclic) bond motifs is 5. The zero-order valence-corrected chi connectivity index (χ0v) is 36.9. The van der Waals surface area contributed by atoms with E-state index in [0.29, 0.717) is 41.5 Å². The van der Waals surface area contributed by atoms with Crippen LogP contribution in [0.2, 0.25) is 0 Å². The van der Waals surface area contributed by atoms with E-state index in [4.69, 9.17) is 23.9 Å². The van der Waals surface area contributed by atoms with Gasteiger partial charge in [-0.25, -0.2) is 19.6 Å². The van der Waals surface area contributed by atoms with Crippen LogP contribution in [0.15, 0.2) is 71.4 Å². The average Bonchev–Trinajstić information content (AvgIpc) is 4.06. The van der Waals surface area contributed by atoms with Crippen molar-refractivity contribution in [2.75, 3.05) is 27.3 Å². The van der Waals surface area contributed by atoms with Crippen LogP contribution in [0.4, 0.5) is 9.59 Å². The number of methoxy groups -OCH3 is 2. The first-order chi connectivity index (χ1) is 30.8. The Bertz CT molecular complexity index is 2740. The zero-order chi connectivity index (χ0) is 45.0. The number of furan rings is 1. The van der Waals surface area contributed by atoms with E-state index in [1.807, 2.05) is 62.1 Å². The van der Waals surface area contributed by atoms with E-state index in [-0.39, 0.29) is 42.9 Å². The number of rotatable bonds is 12. The van der Waals surface area contributed by atoms with E-state index < -0.39 is 24.5 Å². The molecule has 4 amide bonds. The van der Waals surface area contributed by atoms with E-state index >= 15 is 0 Å². The minimum absolute atomic E-state index is 0.0268. The minimum atomic E-state index is -0.741. The molecule has 5 unspecified atom stereocenters. The van der Waals surface area contributed by atoms with Crippen LogP contribution >= 0.6 is 0 Å². The normalized spacial score (nSPS) is 20.3. The standard InChI is InChI=1S/C47H53N9O8/c1-24(2)41(53-47(60)62-7)44(58)55(42-26(4)27(42)5)23-39-48-20-32(51-39)28-12-14-34-30(17-28)18-36-31-13-11-29(19-38(31)64-45(56(34)36)37-15-10-25(3)63-37)33-21-49-43(52-33)35-9-8-16-54(35)40(57)22-50-46(59)61-6/h10-15,17-21,24,26-27,35,41-42,45H,8-9,16,22-23H2,1-7H3,(H,48,51)(H,49,52)(H,50,59)(H,53,60)/t26-,27?,35?,41?,42?,45?/m1/s1. The Labute approximate surface area is 369 Å². The summed E-state index contributed by atoms with van der Waals surface area (Å²) in [6.07, 6.45) is 3.24. The zero-order valence-electron chi connectivity index (χ0n) is 36.9. The van der Waals surface area contributed by atoms with Gasteiger partial charge in [0.1, 0.15) is 35.7 Å². The Kier molecular flexibility index (Phi) is 11.2. The van der Waals surface area contributed by atoms with E-state index in [2.05, 4.69) is 62.0 Å².